The Morgan fingerprint density at radius 3 is 2.19 bits per heavy atom. The van der Waals surface area contributed by atoms with Crippen LogP contribution in [0.3, 0.4) is 0 Å². The van der Waals surface area contributed by atoms with Crippen molar-refractivity contribution in [1.82, 2.24) is 5.32 Å². The van der Waals surface area contributed by atoms with Crippen LogP contribution in [0.2, 0.25) is 0 Å². The summed E-state index contributed by atoms with van der Waals surface area (Å²) in [6.07, 6.45) is -1.09. The predicted octanol–water partition coefficient (Wildman–Crippen LogP) is 2.03. The summed E-state index contributed by atoms with van der Waals surface area (Å²) >= 11 is 0. The second-order valence-electron chi connectivity index (χ2n) is 6.35. The van der Waals surface area contributed by atoms with Crippen LogP contribution in [0.4, 0.5) is 10.5 Å². The van der Waals surface area contributed by atoms with Crippen molar-refractivity contribution in [3.05, 3.63) is 62.5 Å². The van der Waals surface area contributed by atoms with E-state index >= 15 is 0 Å². The number of allylic oxidation sites excluding steroid dienone is 1. The lowest BCUT2D eigenvalue weighted by molar-refractivity contribution is -0.385. The molecule has 1 aromatic rings. The van der Waals surface area contributed by atoms with E-state index < -0.39 is 35.5 Å². The molecule has 0 spiro atoms. The normalized spacial score (nSPS) is 15.8. The molecule has 1 aliphatic rings. The molecule has 2 rings (SSSR count). The third kappa shape index (κ3) is 5.18. The van der Waals surface area contributed by atoms with E-state index in [0.29, 0.717) is 0 Å². The molecule has 1 heterocycles. The molecule has 1 aromatic carbocycles. The number of benzene rings is 1. The predicted molar refractivity (Wildman–Crippen MR) is 108 cm³/mol. The summed E-state index contributed by atoms with van der Waals surface area (Å²) in [6, 6.07) is 5.71. The lowest BCUT2D eigenvalue weighted by Crippen LogP contribution is -2.35. The van der Waals surface area contributed by atoms with Crippen molar-refractivity contribution in [2.24, 2.45) is 5.73 Å². The number of ether oxygens (including phenoxy) is 3. The van der Waals surface area contributed by atoms with Crippen molar-refractivity contribution in [3.63, 3.8) is 0 Å². The number of nitrogens with zero attached hydrogens (tertiary/aromatic N) is 1. The van der Waals surface area contributed by atoms with Crippen molar-refractivity contribution < 1.29 is 33.5 Å². The molecule has 166 valence electrons. The fourth-order valence-electron chi connectivity index (χ4n) is 3.29. The maximum Gasteiger partial charge on any atom is 0.404 e. The van der Waals surface area contributed by atoms with E-state index in [2.05, 4.69) is 5.32 Å². The number of dihydropyridines is 1. The van der Waals surface area contributed by atoms with Gasteiger partial charge in [0.15, 0.2) is 0 Å². The van der Waals surface area contributed by atoms with Gasteiger partial charge in [-0.3, -0.25) is 10.1 Å². The molecule has 1 aliphatic heterocycles. The van der Waals surface area contributed by atoms with Gasteiger partial charge in [0.1, 0.15) is 6.61 Å². The molecule has 0 fully saturated rings. The maximum absolute atomic E-state index is 12.9. The standard InChI is InChI=1S/C20H23N3O8/c1-4-29-18(24)15-11(3)22-13(10-31-20(21)26)17(19(25)30-5-2)16(15)12-8-6-7-9-14(12)23(27)28/h6-9,16,22H,4-5,10H2,1-3H3,(H2,21,26). The molecule has 0 saturated heterocycles. The van der Waals surface area contributed by atoms with Crippen molar-refractivity contribution in [1.29, 1.82) is 0 Å². The molecule has 0 aliphatic carbocycles. The summed E-state index contributed by atoms with van der Waals surface area (Å²) in [4.78, 5) is 47.9. The van der Waals surface area contributed by atoms with Gasteiger partial charge in [0.05, 0.1) is 40.9 Å². The summed E-state index contributed by atoms with van der Waals surface area (Å²) in [7, 11) is 0. The van der Waals surface area contributed by atoms with Crippen LogP contribution in [0.15, 0.2) is 46.8 Å². The number of hydrogen-bond acceptors (Lipinski definition) is 9. The monoisotopic (exact) mass is 433 g/mol. The number of nitro benzene ring substituents is 1. The summed E-state index contributed by atoms with van der Waals surface area (Å²) in [5, 5.41) is 14.5. The van der Waals surface area contributed by atoms with Crippen LogP contribution in [-0.4, -0.2) is 42.8 Å². The van der Waals surface area contributed by atoms with Gasteiger partial charge in [-0.15, -0.1) is 0 Å². The van der Waals surface area contributed by atoms with Gasteiger partial charge in [-0.05, 0) is 20.8 Å². The number of carbonyl (C=O) groups is 3. The van der Waals surface area contributed by atoms with E-state index in [1.165, 1.54) is 18.2 Å². The highest BCUT2D eigenvalue weighted by Crippen LogP contribution is 2.42. The Bertz CT molecular complexity index is 967. The van der Waals surface area contributed by atoms with Gasteiger partial charge in [-0.1, -0.05) is 18.2 Å². The number of carbonyl (C=O) groups excluding carboxylic acids is 3. The van der Waals surface area contributed by atoms with Crippen LogP contribution in [-0.2, 0) is 23.8 Å². The fraction of sp³-hybridized carbons (Fsp3) is 0.350. The number of nitrogens with one attached hydrogen (secondary N) is 1. The van der Waals surface area contributed by atoms with E-state index in [1.807, 2.05) is 0 Å². The number of hydrogen-bond donors (Lipinski definition) is 2. The number of nitro groups is 1. The average Bonchev–Trinajstić information content (AvgIpc) is 2.71. The number of para-hydroxylation sites is 1. The van der Waals surface area contributed by atoms with Gasteiger partial charge in [0.2, 0.25) is 0 Å². The highest BCUT2D eigenvalue weighted by Gasteiger charge is 2.41. The average molecular weight is 433 g/mol. The highest BCUT2D eigenvalue weighted by molar-refractivity contribution is 6.00. The fourth-order valence-corrected chi connectivity index (χ4v) is 3.29. The first kappa shape index (κ1) is 23.4. The zero-order chi connectivity index (χ0) is 23.1. The van der Waals surface area contributed by atoms with Crippen LogP contribution >= 0.6 is 0 Å². The molecule has 11 heteroatoms. The van der Waals surface area contributed by atoms with E-state index in [4.69, 9.17) is 19.9 Å². The summed E-state index contributed by atoms with van der Waals surface area (Å²) < 4.78 is 15.1. The lowest BCUT2D eigenvalue weighted by atomic mass is 9.79. The number of primary amides is 1. The van der Waals surface area contributed by atoms with Crippen molar-refractivity contribution in [2.75, 3.05) is 19.8 Å². The first-order chi connectivity index (χ1) is 14.7. The third-order valence-electron chi connectivity index (χ3n) is 4.44. The molecule has 1 amide bonds. The molecule has 1 unspecified atom stereocenters. The number of nitrogens with two attached hydrogens (primary N) is 1. The number of amides is 1. The Hall–Kier alpha value is -3.89. The maximum atomic E-state index is 12.9. The Morgan fingerprint density at radius 1 is 1.06 bits per heavy atom. The second kappa shape index (κ2) is 10.2. The topological polar surface area (TPSA) is 160 Å². The molecule has 0 bridgehead atoms. The van der Waals surface area contributed by atoms with Gasteiger partial charge in [-0.25, -0.2) is 14.4 Å². The Kier molecular flexibility index (Phi) is 7.72. The minimum absolute atomic E-state index is 0.00188. The SMILES string of the molecule is CCOC(=O)C1=C(C)NC(COC(N)=O)=C(C(=O)OCC)C1c1ccccc1[N+](=O)[O-]. The zero-order valence-corrected chi connectivity index (χ0v) is 17.3. The molecular formula is C20H23N3O8. The molecule has 1 atom stereocenters. The molecule has 3 N–H and O–H groups in total. The van der Waals surface area contributed by atoms with Gasteiger partial charge >= 0.3 is 18.0 Å². The van der Waals surface area contributed by atoms with Crippen LogP contribution in [0, 0.1) is 10.1 Å². The van der Waals surface area contributed by atoms with Crippen LogP contribution in [0.25, 0.3) is 0 Å². The Morgan fingerprint density at radius 2 is 1.65 bits per heavy atom. The van der Waals surface area contributed by atoms with E-state index in [-0.39, 0.29) is 47.0 Å². The molecule has 31 heavy (non-hydrogen) atoms. The van der Waals surface area contributed by atoms with Crippen LogP contribution in [0.1, 0.15) is 32.3 Å². The first-order valence-corrected chi connectivity index (χ1v) is 9.43. The van der Waals surface area contributed by atoms with Gasteiger partial charge in [0, 0.05) is 17.3 Å². The van der Waals surface area contributed by atoms with E-state index in [0.717, 1.165) is 0 Å². The first-order valence-electron chi connectivity index (χ1n) is 9.43. The zero-order valence-electron chi connectivity index (χ0n) is 17.3. The molecule has 11 nitrogen and oxygen atoms in total. The van der Waals surface area contributed by atoms with Gasteiger partial charge in [-0.2, -0.15) is 0 Å². The molecule has 0 saturated carbocycles. The van der Waals surface area contributed by atoms with Gasteiger partial charge in [0.25, 0.3) is 5.69 Å². The Balaban J connectivity index is 2.81. The molecular weight excluding hydrogens is 410 g/mol. The van der Waals surface area contributed by atoms with E-state index in [1.54, 1.807) is 26.8 Å². The third-order valence-corrected chi connectivity index (χ3v) is 4.44. The minimum Gasteiger partial charge on any atom is -0.463 e. The summed E-state index contributed by atoms with van der Waals surface area (Å²) in [5.41, 5.74) is 5.07. The van der Waals surface area contributed by atoms with Crippen molar-refractivity contribution in [3.8, 4) is 0 Å². The van der Waals surface area contributed by atoms with Crippen LogP contribution in [0.5, 0.6) is 0 Å². The minimum atomic E-state index is -1.20. The van der Waals surface area contributed by atoms with Crippen molar-refractivity contribution in [2.45, 2.75) is 26.7 Å². The van der Waals surface area contributed by atoms with Crippen molar-refractivity contribution >= 4 is 23.7 Å². The smallest absolute Gasteiger partial charge is 0.404 e. The second-order valence-corrected chi connectivity index (χ2v) is 6.35. The van der Waals surface area contributed by atoms with E-state index in [9.17, 15) is 24.5 Å². The number of rotatable bonds is 8. The quantitative estimate of drug-likeness (QED) is 0.270. The summed E-state index contributed by atoms with van der Waals surface area (Å²) in [6.45, 7) is 4.36. The number of esters is 2. The largest absolute Gasteiger partial charge is 0.463 e. The molecule has 0 aromatic heterocycles. The van der Waals surface area contributed by atoms with Crippen LogP contribution < -0.4 is 11.1 Å². The Labute approximate surface area is 178 Å². The lowest BCUT2D eigenvalue weighted by Gasteiger charge is -2.31. The summed E-state index contributed by atoms with van der Waals surface area (Å²) in [5.74, 6) is -2.80. The molecule has 0 radical (unpaired) electrons. The van der Waals surface area contributed by atoms with Gasteiger partial charge < -0.3 is 25.3 Å². The highest BCUT2D eigenvalue weighted by atomic mass is 16.6.